The zero-order chi connectivity index (χ0) is 11.5. The van der Waals surface area contributed by atoms with Gasteiger partial charge in [0.1, 0.15) is 0 Å². The van der Waals surface area contributed by atoms with Crippen molar-refractivity contribution >= 4 is 5.69 Å². The lowest BCUT2D eigenvalue weighted by molar-refractivity contribution is 0.526. The van der Waals surface area contributed by atoms with Gasteiger partial charge in [0.05, 0.1) is 0 Å². The number of benzene rings is 1. The van der Waals surface area contributed by atoms with Gasteiger partial charge in [-0.1, -0.05) is 6.07 Å². The predicted molar refractivity (Wildman–Crippen MR) is 67.3 cm³/mol. The molecule has 0 fully saturated rings. The molecule has 0 unspecified atom stereocenters. The van der Waals surface area contributed by atoms with E-state index in [0.717, 1.165) is 6.42 Å². The topological polar surface area (TPSA) is 38.0 Å². The molecule has 0 radical (unpaired) electrons. The fourth-order valence-corrected chi connectivity index (χ4v) is 1.86. The molecule has 15 heavy (non-hydrogen) atoms. The van der Waals surface area contributed by atoms with Gasteiger partial charge in [-0.3, -0.25) is 0 Å². The molecule has 0 spiro atoms. The maximum Gasteiger partial charge on any atom is 0.0349 e. The van der Waals surface area contributed by atoms with E-state index < -0.39 is 0 Å². The summed E-state index contributed by atoms with van der Waals surface area (Å²) in [6, 6.07) is 6.53. The number of aryl methyl sites for hydroxylation is 2. The van der Waals surface area contributed by atoms with Crippen molar-refractivity contribution in [3.63, 3.8) is 0 Å². The minimum absolute atomic E-state index is 0.0645. The quantitative estimate of drug-likeness (QED) is 0.795. The van der Waals surface area contributed by atoms with Gasteiger partial charge in [-0.2, -0.15) is 0 Å². The number of anilines is 1. The Bertz CT molecular complexity index is 309. The second-order valence-corrected chi connectivity index (χ2v) is 4.92. The van der Waals surface area contributed by atoms with Crippen molar-refractivity contribution in [2.75, 3.05) is 11.9 Å². The van der Waals surface area contributed by atoms with Crippen molar-refractivity contribution < 1.29 is 0 Å². The lowest BCUT2D eigenvalue weighted by atomic mass is 9.99. The fraction of sp³-hybridized carbons (Fsp3) is 0.538. The van der Waals surface area contributed by atoms with E-state index in [1.54, 1.807) is 0 Å². The number of nitrogens with two attached hydrogens (primary N) is 1. The molecule has 0 aliphatic rings. The summed E-state index contributed by atoms with van der Waals surface area (Å²) in [7, 11) is 0. The Morgan fingerprint density at radius 1 is 1.13 bits per heavy atom. The first kappa shape index (κ1) is 12.1. The standard InChI is InChI=1S/C13H22N2/c1-10-7-11(2)9-12(8-10)15-13(3,4)5-6-14/h7-9,15H,5-6,14H2,1-4H3. The lowest BCUT2D eigenvalue weighted by Crippen LogP contribution is -2.33. The molecule has 0 saturated carbocycles. The number of nitrogens with one attached hydrogen (secondary N) is 1. The van der Waals surface area contributed by atoms with Crippen molar-refractivity contribution in [1.82, 2.24) is 0 Å². The summed E-state index contributed by atoms with van der Waals surface area (Å²) in [6.07, 6.45) is 0.972. The van der Waals surface area contributed by atoms with Gasteiger partial charge < -0.3 is 11.1 Å². The summed E-state index contributed by atoms with van der Waals surface area (Å²) in [6.45, 7) is 9.31. The fourth-order valence-electron chi connectivity index (χ4n) is 1.86. The maximum atomic E-state index is 5.59. The highest BCUT2D eigenvalue weighted by atomic mass is 15.0. The van der Waals surface area contributed by atoms with E-state index in [4.69, 9.17) is 5.73 Å². The Kier molecular flexibility index (Phi) is 3.75. The van der Waals surface area contributed by atoms with Crippen molar-refractivity contribution in [1.29, 1.82) is 0 Å². The summed E-state index contributed by atoms with van der Waals surface area (Å²) < 4.78 is 0. The Morgan fingerprint density at radius 3 is 2.13 bits per heavy atom. The molecule has 0 amide bonds. The van der Waals surface area contributed by atoms with E-state index in [-0.39, 0.29) is 5.54 Å². The lowest BCUT2D eigenvalue weighted by Gasteiger charge is -2.27. The van der Waals surface area contributed by atoms with E-state index >= 15 is 0 Å². The summed E-state index contributed by atoms with van der Waals surface area (Å²) in [4.78, 5) is 0. The van der Waals surface area contributed by atoms with Crippen LogP contribution in [0.1, 0.15) is 31.4 Å². The van der Waals surface area contributed by atoms with Crippen LogP contribution in [0.4, 0.5) is 5.69 Å². The molecule has 0 aliphatic carbocycles. The van der Waals surface area contributed by atoms with Gasteiger partial charge in [-0.25, -0.2) is 0 Å². The first-order chi connectivity index (χ1) is 6.93. The molecule has 0 aromatic heterocycles. The Hall–Kier alpha value is -1.02. The SMILES string of the molecule is Cc1cc(C)cc(NC(C)(C)CCN)c1. The van der Waals surface area contributed by atoms with Gasteiger partial charge in [0.25, 0.3) is 0 Å². The van der Waals surface area contributed by atoms with E-state index in [1.807, 2.05) is 0 Å². The first-order valence-electron chi connectivity index (χ1n) is 5.49. The van der Waals surface area contributed by atoms with Crippen LogP contribution in [0, 0.1) is 13.8 Å². The van der Waals surface area contributed by atoms with Crippen LogP contribution in [0.2, 0.25) is 0 Å². The van der Waals surface area contributed by atoms with Crippen LogP contribution in [-0.4, -0.2) is 12.1 Å². The van der Waals surface area contributed by atoms with Gasteiger partial charge in [0.2, 0.25) is 0 Å². The van der Waals surface area contributed by atoms with Crippen LogP contribution in [0.15, 0.2) is 18.2 Å². The summed E-state index contributed by atoms with van der Waals surface area (Å²) in [5, 5.41) is 3.52. The van der Waals surface area contributed by atoms with Crippen LogP contribution in [0.3, 0.4) is 0 Å². The first-order valence-corrected chi connectivity index (χ1v) is 5.49. The highest BCUT2D eigenvalue weighted by molar-refractivity contribution is 5.49. The number of rotatable bonds is 4. The van der Waals surface area contributed by atoms with Crippen molar-refractivity contribution in [3.05, 3.63) is 29.3 Å². The molecule has 84 valence electrons. The molecule has 0 bridgehead atoms. The van der Waals surface area contributed by atoms with E-state index in [2.05, 4.69) is 51.2 Å². The van der Waals surface area contributed by atoms with Crippen LogP contribution >= 0.6 is 0 Å². The van der Waals surface area contributed by atoms with E-state index in [9.17, 15) is 0 Å². The highest BCUT2D eigenvalue weighted by Gasteiger charge is 2.15. The zero-order valence-electron chi connectivity index (χ0n) is 10.2. The van der Waals surface area contributed by atoms with Crippen LogP contribution in [0.25, 0.3) is 0 Å². The molecule has 0 heterocycles. The van der Waals surface area contributed by atoms with Crippen LogP contribution in [-0.2, 0) is 0 Å². The smallest absolute Gasteiger partial charge is 0.0349 e. The minimum Gasteiger partial charge on any atom is -0.380 e. The van der Waals surface area contributed by atoms with Gasteiger partial charge in [0, 0.05) is 11.2 Å². The van der Waals surface area contributed by atoms with Gasteiger partial charge in [-0.15, -0.1) is 0 Å². The van der Waals surface area contributed by atoms with Gasteiger partial charge >= 0.3 is 0 Å². The number of hydrogen-bond donors (Lipinski definition) is 2. The summed E-state index contributed by atoms with van der Waals surface area (Å²) in [5.74, 6) is 0. The monoisotopic (exact) mass is 206 g/mol. The number of hydrogen-bond acceptors (Lipinski definition) is 2. The Labute approximate surface area is 92.9 Å². The molecule has 0 atom stereocenters. The molecule has 0 saturated heterocycles. The summed E-state index contributed by atoms with van der Waals surface area (Å²) >= 11 is 0. The Morgan fingerprint density at radius 2 is 1.67 bits per heavy atom. The molecule has 1 rings (SSSR count). The average Bonchev–Trinajstić information content (AvgIpc) is 1.99. The largest absolute Gasteiger partial charge is 0.380 e. The zero-order valence-corrected chi connectivity index (χ0v) is 10.2. The molecular weight excluding hydrogens is 184 g/mol. The third-order valence-electron chi connectivity index (χ3n) is 2.47. The predicted octanol–water partition coefficient (Wildman–Crippen LogP) is 2.84. The van der Waals surface area contributed by atoms with Crippen molar-refractivity contribution in [2.45, 2.75) is 39.7 Å². The third-order valence-corrected chi connectivity index (χ3v) is 2.47. The molecule has 2 heteroatoms. The third kappa shape index (κ3) is 3.92. The second kappa shape index (κ2) is 4.67. The van der Waals surface area contributed by atoms with Crippen LogP contribution < -0.4 is 11.1 Å². The normalized spacial score (nSPS) is 11.5. The van der Waals surface area contributed by atoms with Crippen molar-refractivity contribution in [3.8, 4) is 0 Å². The molecular formula is C13H22N2. The Balaban J connectivity index is 2.80. The van der Waals surface area contributed by atoms with E-state index in [0.29, 0.717) is 6.54 Å². The molecule has 1 aromatic carbocycles. The van der Waals surface area contributed by atoms with E-state index in [1.165, 1.54) is 16.8 Å². The molecule has 2 nitrogen and oxygen atoms in total. The van der Waals surface area contributed by atoms with Gasteiger partial charge in [-0.05, 0) is 63.9 Å². The average molecular weight is 206 g/mol. The van der Waals surface area contributed by atoms with Crippen molar-refractivity contribution in [2.24, 2.45) is 5.73 Å². The highest BCUT2D eigenvalue weighted by Crippen LogP contribution is 2.20. The summed E-state index contributed by atoms with van der Waals surface area (Å²) in [5.41, 5.74) is 9.42. The van der Waals surface area contributed by atoms with Crippen LogP contribution in [0.5, 0.6) is 0 Å². The molecule has 1 aromatic rings. The minimum atomic E-state index is 0.0645. The maximum absolute atomic E-state index is 5.59. The second-order valence-electron chi connectivity index (χ2n) is 4.92. The van der Waals surface area contributed by atoms with Gasteiger partial charge in [0.15, 0.2) is 0 Å². The molecule has 0 aliphatic heterocycles. The molecule has 3 N–H and O–H groups in total.